The van der Waals surface area contributed by atoms with Gasteiger partial charge in [0.1, 0.15) is 0 Å². The topological polar surface area (TPSA) is 55.4 Å². The van der Waals surface area contributed by atoms with E-state index in [2.05, 4.69) is 27.9 Å². The molecule has 1 amide bonds. The van der Waals surface area contributed by atoms with Gasteiger partial charge in [0.05, 0.1) is 6.61 Å². The zero-order valence-electron chi connectivity index (χ0n) is 10.2. The molecule has 1 aromatic rings. The first-order valence-corrected chi connectivity index (χ1v) is 6.90. The molecule has 0 fully saturated rings. The molecule has 0 atom stereocenters. The molecule has 1 aromatic carbocycles. The van der Waals surface area contributed by atoms with Crippen molar-refractivity contribution in [1.82, 2.24) is 5.32 Å². The van der Waals surface area contributed by atoms with Gasteiger partial charge in [0.2, 0.25) is 0 Å². The van der Waals surface area contributed by atoms with Crippen LogP contribution in [0, 0.1) is 3.57 Å². The predicted octanol–water partition coefficient (Wildman–Crippen LogP) is 2.36. The third-order valence-corrected chi connectivity index (χ3v) is 2.91. The molecule has 0 radical (unpaired) electrons. The van der Waals surface area contributed by atoms with E-state index in [1.807, 2.05) is 18.2 Å². The summed E-state index contributed by atoms with van der Waals surface area (Å²) in [7, 11) is 0. The maximum Gasteiger partial charge on any atom is 0.305 e. The predicted molar refractivity (Wildman–Crippen MR) is 77.4 cm³/mol. The van der Waals surface area contributed by atoms with Crippen LogP contribution in [0.2, 0.25) is 0 Å². The molecule has 0 heterocycles. The van der Waals surface area contributed by atoms with Gasteiger partial charge in [0.25, 0.3) is 5.91 Å². The highest BCUT2D eigenvalue weighted by Crippen LogP contribution is 2.07. The normalized spacial score (nSPS) is 9.89. The van der Waals surface area contributed by atoms with E-state index < -0.39 is 0 Å². The van der Waals surface area contributed by atoms with Crippen molar-refractivity contribution in [2.75, 3.05) is 13.2 Å². The van der Waals surface area contributed by atoms with E-state index in [1.54, 1.807) is 13.0 Å². The van der Waals surface area contributed by atoms with Gasteiger partial charge in [-0.15, -0.1) is 0 Å². The van der Waals surface area contributed by atoms with Crippen LogP contribution in [0.4, 0.5) is 0 Å². The maximum atomic E-state index is 11.7. The molecule has 0 aliphatic heterocycles. The van der Waals surface area contributed by atoms with Gasteiger partial charge in [-0.05, 0) is 54.1 Å². The standard InChI is InChI=1S/C13H16INO3/c1-2-18-12(16)7-4-8-15-13(17)10-5-3-6-11(14)9-10/h3,5-6,9H,2,4,7-8H2,1H3,(H,15,17). The molecule has 1 N–H and O–H groups in total. The number of esters is 1. The molecule has 98 valence electrons. The molecule has 0 saturated heterocycles. The lowest BCUT2D eigenvalue weighted by molar-refractivity contribution is -0.143. The fourth-order valence-corrected chi connectivity index (χ4v) is 1.94. The summed E-state index contributed by atoms with van der Waals surface area (Å²) in [6.07, 6.45) is 0.926. The Labute approximate surface area is 120 Å². The number of nitrogens with one attached hydrogen (secondary N) is 1. The number of benzene rings is 1. The molecule has 1 rings (SSSR count). The summed E-state index contributed by atoms with van der Waals surface area (Å²) in [5, 5.41) is 2.77. The molecular weight excluding hydrogens is 345 g/mol. The molecule has 5 heteroatoms. The third-order valence-electron chi connectivity index (χ3n) is 2.24. The van der Waals surface area contributed by atoms with E-state index in [9.17, 15) is 9.59 Å². The second-order valence-electron chi connectivity index (χ2n) is 3.67. The van der Waals surface area contributed by atoms with Crippen LogP contribution in [-0.4, -0.2) is 25.0 Å². The zero-order valence-corrected chi connectivity index (χ0v) is 12.4. The smallest absolute Gasteiger partial charge is 0.305 e. The lowest BCUT2D eigenvalue weighted by atomic mass is 10.2. The largest absolute Gasteiger partial charge is 0.466 e. The van der Waals surface area contributed by atoms with Gasteiger partial charge in [0.15, 0.2) is 0 Å². The molecule has 0 bridgehead atoms. The number of rotatable bonds is 6. The summed E-state index contributed by atoms with van der Waals surface area (Å²) in [5.74, 6) is -0.335. The summed E-state index contributed by atoms with van der Waals surface area (Å²) >= 11 is 2.16. The lowest BCUT2D eigenvalue weighted by Gasteiger charge is -2.05. The van der Waals surface area contributed by atoms with Crippen LogP contribution >= 0.6 is 22.6 Å². The number of hydrogen-bond acceptors (Lipinski definition) is 3. The van der Waals surface area contributed by atoms with E-state index in [0.29, 0.717) is 31.6 Å². The molecule has 4 nitrogen and oxygen atoms in total. The second kappa shape index (κ2) is 8.07. The van der Waals surface area contributed by atoms with Crippen molar-refractivity contribution in [2.24, 2.45) is 0 Å². The Morgan fingerprint density at radius 3 is 2.83 bits per heavy atom. The van der Waals surface area contributed by atoms with E-state index in [0.717, 1.165) is 3.57 Å². The molecule has 0 aromatic heterocycles. The van der Waals surface area contributed by atoms with Crippen molar-refractivity contribution >= 4 is 34.5 Å². The Hall–Kier alpha value is -1.11. The Morgan fingerprint density at radius 2 is 2.17 bits per heavy atom. The minimum Gasteiger partial charge on any atom is -0.466 e. The summed E-state index contributed by atoms with van der Waals surface area (Å²) in [6.45, 7) is 2.65. The average Bonchev–Trinajstić information content (AvgIpc) is 2.35. The highest BCUT2D eigenvalue weighted by molar-refractivity contribution is 14.1. The maximum absolute atomic E-state index is 11.7. The summed E-state index contributed by atoms with van der Waals surface area (Å²) in [6, 6.07) is 7.36. The zero-order chi connectivity index (χ0) is 13.4. The fraction of sp³-hybridized carbons (Fsp3) is 0.385. The highest BCUT2D eigenvalue weighted by atomic mass is 127. The van der Waals surface area contributed by atoms with Crippen molar-refractivity contribution in [3.8, 4) is 0 Å². The number of ether oxygens (including phenoxy) is 1. The van der Waals surface area contributed by atoms with Crippen molar-refractivity contribution < 1.29 is 14.3 Å². The van der Waals surface area contributed by atoms with E-state index >= 15 is 0 Å². The molecule has 18 heavy (non-hydrogen) atoms. The van der Waals surface area contributed by atoms with Gasteiger partial charge in [-0.3, -0.25) is 9.59 Å². The van der Waals surface area contributed by atoms with Crippen LogP contribution in [0.5, 0.6) is 0 Å². The quantitative estimate of drug-likeness (QED) is 0.481. The van der Waals surface area contributed by atoms with Gasteiger partial charge in [-0.1, -0.05) is 6.07 Å². The lowest BCUT2D eigenvalue weighted by Crippen LogP contribution is -2.25. The molecule has 0 unspecified atom stereocenters. The van der Waals surface area contributed by atoms with Gasteiger partial charge in [-0.2, -0.15) is 0 Å². The Balaban J connectivity index is 2.27. The van der Waals surface area contributed by atoms with E-state index in [-0.39, 0.29) is 11.9 Å². The van der Waals surface area contributed by atoms with Gasteiger partial charge in [0, 0.05) is 22.1 Å². The van der Waals surface area contributed by atoms with Gasteiger partial charge < -0.3 is 10.1 Å². The minimum absolute atomic E-state index is 0.114. The minimum atomic E-state index is -0.221. The first kappa shape index (κ1) is 14.9. The average molecular weight is 361 g/mol. The van der Waals surface area contributed by atoms with Crippen LogP contribution in [0.25, 0.3) is 0 Å². The van der Waals surface area contributed by atoms with Crippen LogP contribution in [0.3, 0.4) is 0 Å². The molecular formula is C13H16INO3. The van der Waals surface area contributed by atoms with Crippen LogP contribution in [-0.2, 0) is 9.53 Å². The number of carbonyl (C=O) groups is 2. The van der Waals surface area contributed by atoms with Crippen LogP contribution < -0.4 is 5.32 Å². The summed E-state index contributed by atoms with van der Waals surface area (Å²) in [4.78, 5) is 22.8. The van der Waals surface area contributed by atoms with Gasteiger partial charge >= 0.3 is 5.97 Å². The Bertz CT molecular complexity index is 420. The monoisotopic (exact) mass is 361 g/mol. The van der Waals surface area contributed by atoms with E-state index in [1.165, 1.54) is 0 Å². The number of hydrogen-bond donors (Lipinski definition) is 1. The Morgan fingerprint density at radius 1 is 1.39 bits per heavy atom. The fourth-order valence-electron chi connectivity index (χ4n) is 1.40. The first-order valence-electron chi connectivity index (χ1n) is 5.83. The third kappa shape index (κ3) is 5.48. The van der Waals surface area contributed by atoms with Crippen LogP contribution in [0.1, 0.15) is 30.1 Å². The van der Waals surface area contributed by atoms with Crippen molar-refractivity contribution in [3.05, 3.63) is 33.4 Å². The first-order chi connectivity index (χ1) is 8.63. The number of halogens is 1. The summed E-state index contributed by atoms with van der Waals surface area (Å²) in [5.41, 5.74) is 0.637. The van der Waals surface area contributed by atoms with Crippen molar-refractivity contribution in [1.29, 1.82) is 0 Å². The van der Waals surface area contributed by atoms with Crippen molar-refractivity contribution in [3.63, 3.8) is 0 Å². The summed E-state index contributed by atoms with van der Waals surface area (Å²) < 4.78 is 5.82. The van der Waals surface area contributed by atoms with E-state index in [4.69, 9.17) is 4.74 Å². The Kier molecular flexibility index (Phi) is 6.70. The second-order valence-corrected chi connectivity index (χ2v) is 4.92. The van der Waals surface area contributed by atoms with Crippen molar-refractivity contribution in [2.45, 2.75) is 19.8 Å². The highest BCUT2D eigenvalue weighted by Gasteiger charge is 2.06. The number of amides is 1. The molecule has 0 saturated carbocycles. The molecule has 0 aliphatic carbocycles. The molecule has 0 aliphatic rings. The van der Waals surface area contributed by atoms with Gasteiger partial charge in [-0.25, -0.2) is 0 Å². The SMILES string of the molecule is CCOC(=O)CCCNC(=O)c1cccc(I)c1. The van der Waals surface area contributed by atoms with Crippen LogP contribution in [0.15, 0.2) is 24.3 Å². The molecule has 0 spiro atoms. The number of carbonyl (C=O) groups excluding carboxylic acids is 2.